The summed E-state index contributed by atoms with van der Waals surface area (Å²) in [5.41, 5.74) is 3.81. The van der Waals surface area contributed by atoms with Crippen LogP contribution in [0.4, 0.5) is 21.6 Å². The van der Waals surface area contributed by atoms with Gasteiger partial charge in [-0.3, -0.25) is 4.79 Å². The molecular formula is C21H21FN4O. The highest BCUT2D eigenvalue weighted by molar-refractivity contribution is 6.02. The van der Waals surface area contributed by atoms with Crippen LogP contribution in [0.25, 0.3) is 0 Å². The molecule has 0 radical (unpaired) electrons. The van der Waals surface area contributed by atoms with Crippen molar-refractivity contribution in [3.8, 4) is 0 Å². The van der Waals surface area contributed by atoms with Crippen LogP contribution in [0.1, 0.15) is 41.4 Å². The summed E-state index contributed by atoms with van der Waals surface area (Å²) in [5, 5.41) is 5.89. The van der Waals surface area contributed by atoms with Gasteiger partial charge in [0.2, 0.25) is 0 Å². The summed E-state index contributed by atoms with van der Waals surface area (Å²) in [6.07, 6.45) is 2.90. The second-order valence-electron chi connectivity index (χ2n) is 6.57. The van der Waals surface area contributed by atoms with Crippen LogP contribution in [-0.2, 0) is 0 Å². The number of aryl methyl sites for hydroxylation is 1. The van der Waals surface area contributed by atoms with Crippen molar-refractivity contribution in [1.82, 2.24) is 9.97 Å². The number of hydrogen-bond acceptors (Lipinski definition) is 4. The van der Waals surface area contributed by atoms with Gasteiger partial charge in [0.1, 0.15) is 17.3 Å². The van der Waals surface area contributed by atoms with Gasteiger partial charge in [0.25, 0.3) is 5.91 Å². The Hall–Kier alpha value is -3.28. The maximum absolute atomic E-state index is 13.2. The van der Waals surface area contributed by atoms with Crippen LogP contribution in [0.2, 0.25) is 0 Å². The number of aromatic nitrogens is 2. The lowest BCUT2D eigenvalue weighted by Gasteiger charge is -2.16. The van der Waals surface area contributed by atoms with Crippen LogP contribution in [0.15, 0.2) is 54.9 Å². The zero-order valence-corrected chi connectivity index (χ0v) is 15.5. The first-order valence-corrected chi connectivity index (χ1v) is 8.69. The van der Waals surface area contributed by atoms with Gasteiger partial charge in [-0.05, 0) is 42.2 Å². The maximum atomic E-state index is 13.2. The first-order valence-electron chi connectivity index (χ1n) is 8.69. The Balaban J connectivity index is 1.75. The summed E-state index contributed by atoms with van der Waals surface area (Å²) in [6.45, 7) is 6.29. The van der Waals surface area contributed by atoms with Crippen LogP contribution >= 0.6 is 0 Å². The highest BCUT2D eigenvalue weighted by Gasteiger charge is 2.12. The van der Waals surface area contributed by atoms with Gasteiger partial charge in [0.15, 0.2) is 0 Å². The van der Waals surface area contributed by atoms with Gasteiger partial charge < -0.3 is 10.6 Å². The van der Waals surface area contributed by atoms with Gasteiger partial charge in [0.05, 0.1) is 12.4 Å². The summed E-state index contributed by atoms with van der Waals surface area (Å²) in [7, 11) is 0. The minimum Gasteiger partial charge on any atom is -0.338 e. The average Bonchev–Trinajstić information content (AvgIpc) is 2.63. The largest absolute Gasteiger partial charge is 0.338 e. The van der Waals surface area contributed by atoms with E-state index in [1.165, 1.54) is 36.2 Å². The van der Waals surface area contributed by atoms with Crippen molar-refractivity contribution in [1.29, 1.82) is 0 Å². The molecule has 3 rings (SSSR count). The molecule has 27 heavy (non-hydrogen) atoms. The molecule has 5 nitrogen and oxygen atoms in total. The smallest absolute Gasteiger partial charge is 0.275 e. The van der Waals surface area contributed by atoms with Gasteiger partial charge in [-0.15, -0.1) is 0 Å². The average molecular weight is 364 g/mol. The number of hydrogen-bond donors (Lipinski definition) is 2. The number of amides is 1. The number of benzene rings is 2. The molecule has 0 unspecified atom stereocenters. The molecule has 0 fully saturated rings. The minimum absolute atomic E-state index is 0.152. The zero-order valence-electron chi connectivity index (χ0n) is 15.5. The predicted octanol–water partition coefficient (Wildman–Crippen LogP) is 5.04. The molecule has 2 aromatic carbocycles. The number of anilines is 3. The quantitative estimate of drug-likeness (QED) is 0.665. The van der Waals surface area contributed by atoms with Crippen LogP contribution in [0, 0.1) is 12.7 Å². The molecule has 1 aromatic heterocycles. The predicted molar refractivity (Wildman–Crippen MR) is 105 cm³/mol. The monoisotopic (exact) mass is 364 g/mol. The first-order chi connectivity index (χ1) is 12.9. The highest BCUT2D eigenvalue weighted by Crippen LogP contribution is 2.29. The Morgan fingerprint density at radius 2 is 1.85 bits per heavy atom. The van der Waals surface area contributed by atoms with Gasteiger partial charge in [0, 0.05) is 11.4 Å². The van der Waals surface area contributed by atoms with Crippen molar-refractivity contribution in [2.45, 2.75) is 26.7 Å². The molecule has 0 spiro atoms. The van der Waals surface area contributed by atoms with Crippen molar-refractivity contribution in [2.24, 2.45) is 0 Å². The number of carbonyl (C=O) groups is 1. The van der Waals surface area contributed by atoms with E-state index >= 15 is 0 Å². The number of nitrogens with zero attached hydrogens (tertiary/aromatic N) is 2. The van der Waals surface area contributed by atoms with E-state index in [1.807, 2.05) is 19.1 Å². The molecule has 0 aliphatic carbocycles. The number of halogens is 1. The van der Waals surface area contributed by atoms with Crippen molar-refractivity contribution < 1.29 is 9.18 Å². The van der Waals surface area contributed by atoms with E-state index in [0.717, 1.165) is 11.3 Å². The number of rotatable bonds is 5. The molecule has 1 heterocycles. The normalized spacial score (nSPS) is 10.7. The summed E-state index contributed by atoms with van der Waals surface area (Å²) >= 11 is 0. The lowest BCUT2D eigenvalue weighted by Crippen LogP contribution is -2.14. The topological polar surface area (TPSA) is 66.9 Å². The van der Waals surface area contributed by atoms with E-state index in [-0.39, 0.29) is 5.69 Å². The zero-order chi connectivity index (χ0) is 19.4. The molecule has 2 N–H and O–H groups in total. The molecule has 0 aliphatic heterocycles. The fourth-order valence-corrected chi connectivity index (χ4v) is 2.74. The Labute approximate surface area is 157 Å². The van der Waals surface area contributed by atoms with E-state index in [9.17, 15) is 9.18 Å². The third-order valence-electron chi connectivity index (χ3n) is 4.15. The minimum atomic E-state index is -0.446. The molecular weight excluding hydrogens is 343 g/mol. The molecule has 3 aromatic rings. The Morgan fingerprint density at radius 3 is 2.52 bits per heavy atom. The van der Waals surface area contributed by atoms with Crippen molar-refractivity contribution in [3.05, 3.63) is 77.5 Å². The lowest BCUT2D eigenvalue weighted by atomic mass is 9.98. The van der Waals surface area contributed by atoms with Crippen molar-refractivity contribution >= 4 is 23.1 Å². The summed E-state index contributed by atoms with van der Waals surface area (Å²) in [4.78, 5) is 20.7. The fourth-order valence-electron chi connectivity index (χ4n) is 2.74. The van der Waals surface area contributed by atoms with Crippen molar-refractivity contribution in [2.75, 3.05) is 10.6 Å². The molecule has 0 saturated heterocycles. The van der Waals surface area contributed by atoms with Crippen LogP contribution in [0.3, 0.4) is 0 Å². The second-order valence-corrected chi connectivity index (χ2v) is 6.57. The number of nitrogens with one attached hydrogen (secondary N) is 2. The maximum Gasteiger partial charge on any atom is 0.275 e. The summed E-state index contributed by atoms with van der Waals surface area (Å²) < 4.78 is 13.2. The van der Waals surface area contributed by atoms with E-state index in [0.29, 0.717) is 17.4 Å². The van der Waals surface area contributed by atoms with Gasteiger partial charge in [-0.25, -0.2) is 14.4 Å². The summed E-state index contributed by atoms with van der Waals surface area (Å²) in [5.74, 6) is 0.0428. The van der Waals surface area contributed by atoms with Gasteiger partial charge >= 0.3 is 0 Å². The van der Waals surface area contributed by atoms with Crippen molar-refractivity contribution in [3.63, 3.8) is 0 Å². The highest BCUT2D eigenvalue weighted by atomic mass is 19.1. The van der Waals surface area contributed by atoms with E-state index < -0.39 is 11.7 Å². The summed E-state index contributed by atoms with van der Waals surface area (Å²) in [6, 6.07) is 11.8. The van der Waals surface area contributed by atoms with Gasteiger partial charge in [-0.1, -0.05) is 38.1 Å². The molecule has 0 aliphatic rings. The lowest BCUT2D eigenvalue weighted by molar-refractivity contribution is 0.102. The molecule has 6 heteroatoms. The second kappa shape index (κ2) is 7.95. The van der Waals surface area contributed by atoms with E-state index in [4.69, 9.17) is 0 Å². The number of para-hydroxylation sites is 1. The Morgan fingerprint density at radius 1 is 1.07 bits per heavy atom. The molecule has 0 saturated carbocycles. The van der Waals surface area contributed by atoms with Crippen LogP contribution < -0.4 is 10.6 Å². The van der Waals surface area contributed by atoms with Crippen LogP contribution in [0.5, 0.6) is 0 Å². The fraction of sp³-hybridized carbons (Fsp3) is 0.190. The van der Waals surface area contributed by atoms with Gasteiger partial charge in [-0.2, -0.15) is 0 Å². The Kier molecular flexibility index (Phi) is 5.45. The van der Waals surface area contributed by atoms with E-state index in [1.54, 1.807) is 6.07 Å². The van der Waals surface area contributed by atoms with E-state index in [2.05, 4.69) is 40.5 Å². The standard InChI is InChI=1S/C21H21FN4O/c1-13(2)17-9-4-6-14(3)20(17)26-19-12-23-18(11-24-19)21(27)25-16-8-5-7-15(22)10-16/h4-13H,1-3H3,(H,24,26)(H,25,27). The molecule has 0 atom stereocenters. The molecule has 1 amide bonds. The number of carbonyl (C=O) groups excluding carboxylic acids is 1. The third-order valence-corrected chi connectivity index (χ3v) is 4.15. The first kappa shape index (κ1) is 18.5. The van der Waals surface area contributed by atoms with Crippen LogP contribution in [-0.4, -0.2) is 15.9 Å². The SMILES string of the molecule is Cc1cccc(C(C)C)c1Nc1cnc(C(=O)Nc2cccc(F)c2)cn1. The molecule has 0 bridgehead atoms. The Bertz CT molecular complexity index is 955. The molecule has 138 valence electrons. The third kappa shape index (κ3) is 4.47.